The fourth-order valence-electron chi connectivity index (χ4n) is 2.89. The molecule has 0 amide bonds. The third-order valence-corrected chi connectivity index (χ3v) is 3.97. The summed E-state index contributed by atoms with van der Waals surface area (Å²) >= 11 is 0. The van der Waals surface area contributed by atoms with Gasteiger partial charge in [0.25, 0.3) is 0 Å². The third kappa shape index (κ3) is 4.59. The SMILES string of the molecule is CCCc1noc(CNC2CCCN(Cc3noc(C)n3)C2)n1. The van der Waals surface area contributed by atoms with E-state index in [-0.39, 0.29) is 0 Å². The number of nitrogens with one attached hydrogen (secondary N) is 1. The molecule has 3 heterocycles. The van der Waals surface area contributed by atoms with Crippen LogP contribution < -0.4 is 5.32 Å². The highest BCUT2D eigenvalue weighted by Gasteiger charge is 2.21. The first-order chi connectivity index (χ1) is 11.2. The summed E-state index contributed by atoms with van der Waals surface area (Å²) in [6.07, 6.45) is 4.20. The van der Waals surface area contributed by atoms with Crippen LogP contribution in [0.5, 0.6) is 0 Å². The van der Waals surface area contributed by atoms with Gasteiger partial charge in [-0.25, -0.2) is 0 Å². The summed E-state index contributed by atoms with van der Waals surface area (Å²) in [6.45, 7) is 7.30. The number of nitrogens with zero attached hydrogens (tertiary/aromatic N) is 5. The van der Waals surface area contributed by atoms with Crippen LogP contribution in [0.1, 0.15) is 49.6 Å². The van der Waals surface area contributed by atoms with Crippen molar-refractivity contribution in [2.24, 2.45) is 0 Å². The Kier molecular flexibility index (Phi) is 5.35. The second-order valence-electron chi connectivity index (χ2n) is 6.04. The largest absolute Gasteiger partial charge is 0.340 e. The molecular formula is C15H24N6O2. The minimum Gasteiger partial charge on any atom is -0.340 e. The zero-order valence-electron chi connectivity index (χ0n) is 13.8. The Morgan fingerprint density at radius 2 is 2.09 bits per heavy atom. The van der Waals surface area contributed by atoms with E-state index in [1.54, 1.807) is 0 Å². The summed E-state index contributed by atoms with van der Waals surface area (Å²) in [7, 11) is 0. The van der Waals surface area contributed by atoms with Crippen molar-refractivity contribution >= 4 is 0 Å². The number of aromatic nitrogens is 4. The minimum atomic E-state index is 0.415. The van der Waals surface area contributed by atoms with Crippen molar-refractivity contribution < 1.29 is 9.05 Å². The van der Waals surface area contributed by atoms with Crippen LogP contribution in [0.15, 0.2) is 9.05 Å². The van der Waals surface area contributed by atoms with Gasteiger partial charge in [-0.1, -0.05) is 17.2 Å². The molecule has 3 rings (SSSR count). The van der Waals surface area contributed by atoms with E-state index in [4.69, 9.17) is 9.05 Å². The number of piperidine rings is 1. The Morgan fingerprint density at radius 3 is 2.87 bits per heavy atom. The predicted octanol–water partition coefficient (Wildman–Crippen LogP) is 1.47. The van der Waals surface area contributed by atoms with Crippen LogP contribution in [-0.2, 0) is 19.5 Å². The van der Waals surface area contributed by atoms with Crippen LogP contribution in [0.25, 0.3) is 0 Å². The monoisotopic (exact) mass is 320 g/mol. The summed E-state index contributed by atoms with van der Waals surface area (Å²) in [5.41, 5.74) is 0. The highest BCUT2D eigenvalue weighted by Crippen LogP contribution is 2.13. The molecular weight excluding hydrogens is 296 g/mol. The van der Waals surface area contributed by atoms with E-state index in [2.05, 4.69) is 37.4 Å². The second-order valence-corrected chi connectivity index (χ2v) is 6.04. The Bertz CT molecular complexity index is 611. The van der Waals surface area contributed by atoms with Crippen molar-refractivity contribution in [2.45, 2.75) is 58.7 Å². The van der Waals surface area contributed by atoms with Crippen LogP contribution in [0, 0.1) is 6.92 Å². The maximum atomic E-state index is 5.26. The van der Waals surface area contributed by atoms with E-state index in [1.807, 2.05) is 6.92 Å². The van der Waals surface area contributed by atoms with Gasteiger partial charge in [-0.3, -0.25) is 4.90 Å². The van der Waals surface area contributed by atoms with Crippen molar-refractivity contribution in [1.82, 2.24) is 30.5 Å². The van der Waals surface area contributed by atoms with Crippen molar-refractivity contribution in [3.8, 4) is 0 Å². The highest BCUT2D eigenvalue weighted by molar-refractivity contribution is 4.89. The smallest absolute Gasteiger partial charge is 0.240 e. The molecule has 8 nitrogen and oxygen atoms in total. The zero-order valence-corrected chi connectivity index (χ0v) is 13.8. The fourth-order valence-corrected chi connectivity index (χ4v) is 2.89. The van der Waals surface area contributed by atoms with E-state index in [0.717, 1.165) is 57.0 Å². The standard InChI is InChI=1S/C15H24N6O2/c1-3-5-13-18-15(23-19-13)8-16-12-6-4-7-21(9-12)10-14-17-11(2)22-20-14/h12,16H,3-10H2,1-2H3. The molecule has 0 saturated carbocycles. The molecule has 1 aliphatic rings. The minimum absolute atomic E-state index is 0.415. The molecule has 1 saturated heterocycles. The molecule has 1 N–H and O–H groups in total. The summed E-state index contributed by atoms with van der Waals surface area (Å²) in [5, 5.41) is 11.5. The van der Waals surface area contributed by atoms with Gasteiger partial charge < -0.3 is 14.4 Å². The predicted molar refractivity (Wildman–Crippen MR) is 82.5 cm³/mol. The molecule has 126 valence electrons. The Labute approximate surface area is 135 Å². The van der Waals surface area contributed by atoms with Gasteiger partial charge in [-0.2, -0.15) is 9.97 Å². The van der Waals surface area contributed by atoms with Gasteiger partial charge in [0.15, 0.2) is 11.6 Å². The molecule has 8 heteroatoms. The van der Waals surface area contributed by atoms with Gasteiger partial charge in [0, 0.05) is 25.9 Å². The molecule has 1 atom stereocenters. The molecule has 1 aliphatic heterocycles. The first kappa shape index (κ1) is 16.1. The lowest BCUT2D eigenvalue weighted by molar-refractivity contribution is 0.174. The Hall–Kier alpha value is -1.80. The van der Waals surface area contributed by atoms with Gasteiger partial charge in [-0.05, 0) is 25.8 Å². The summed E-state index contributed by atoms with van der Waals surface area (Å²) in [4.78, 5) is 11.0. The Balaban J connectivity index is 1.46. The summed E-state index contributed by atoms with van der Waals surface area (Å²) in [5.74, 6) is 2.83. The van der Waals surface area contributed by atoms with Crippen LogP contribution in [-0.4, -0.2) is 44.3 Å². The highest BCUT2D eigenvalue weighted by atomic mass is 16.5. The number of rotatable bonds is 7. The first-order valence-corrected chi connectivity index (χ1v) is 8.29. The molecule has 1 unspecified atom stereocenters. The van der Waals surface area contributed by atoms with Gasteiger partial charge in [0.05, 0.1) is 13.1 Å². The first-order valence-electron chi connectivity index (χ1n) is 8.29. The van der Waals surface area contributed by atoms with Crippen molar-refractivity contribution in [3.05, 3.63) is 23.4 Å². The molecule has 2 aromatic heterocycles. The average molecular weight is 320 g/mol. The van der Waals surface area contributed by atoms with E-state index in [9.17, 15) is 0 Å². The molecule has 0 radical (unpaired) electrons. The Morgan fingerprint density at radius 1 is 1.22 bits per heavy atom. The maximum Gasteiger partial charge on any atom is 0.240 e. The fraction of sp³-hybridized carbons (Fsp3) is 0.733. The summed E-state index contributed by atoms with van der Waals surface area (Å²) in [6, 6.07) is 0.415. The molecule has 0 aromatic carbocycles. The molecule has 0 bridgehead atoms. The van der Waals surface area contributed by atoms with Gasteiger partial charge in [0.2, 0.25) is 11.8 Å². The quantitative estimate of drug-likeness (QED) is 0.819. The average Bonchev–Trinajstić information content (AvgIpc) is 3.15. The van der Waals surface area contributed by atoms with Gasteiger partial charge in [0.1, 0.15) is 0 Å². The van der Waals surface area contributed by atoms with Crippen LogP contribution in [0.3, 0.4) is 0 Å². The molecule has 1 fully saturated rings. The van der Waals surface area contributed by atoms with Crippen molar-refractivity contribution in [1.29, 1.82) is 0 Å². The zero-order chi connectivity index (χ0) is 16.1. The second kappa shape index (κ2) is 7.65. The number of hydrogen-bond donors (Lipinski definition) is 1. The number of hydrogen-bond acceptors (Lipinski definition) is 8. The lowest BCUT2D eigenvalue weighted by atomic mass is 10.1. The van der Waals surface area contributed by atoms with Gasteiger partial charge >= 0.3 is 0 Å². The van der Waals surface area contributed by atoms with E-state index < -0.39 is 0 Å². The van der Waals surface area contributed by atoms with E-state index >= 15 is 0 Å². The summed E-state index contributed by atoms with van der Waals surface area (Å²) < 4.78 is 10.3. The maximum absolute atomic E-state index is 5.26. The topological polar surface area (TPSA) is 93.1 Å². The van der Waals surface area contributed by atoms with Crippen molar-refractivity contribution in [2.75, 3.05) is 13.1 Å². The molecule has 2 aromatic rings. The van der Waals surface area contributed by atoms with Crippen LogP contribution in [0.4, 0.5) is 0 Å². The van der Waals surface area contributed by atoms with Crippen molar-refractivity contribution in [3.63, 3.8) is 0 Å². The number of aryl methyl sites for hydroxylation is 2. The van der Waals surface area contributed by atoms with E-state index in [0.29, 0.717) is 24.4 Å². The van der Waals surface area contributed by atoms with Crippen LogP contribution >= 0.6 is 0 Å². The molecule has 23 heavy (non-hydrogen) atoms. The van der Waals surface area contributed by atoms with E-state index in [1.165, 1.54) is 0 Å². The third-order valence-electron chi connectivity index (χ3n) is 3.97. The molecule has 0 spiro atoms. The van der Waals surface area contributed by atoms with Crippen LogP contribution in [0.2, 0.25) is 0 Å². The lowest BCUT2D eigenvalue weighted by Gasteiger charge is -2.32. The molecule has 0 aliphatic carbocycles. The van der Waals surface area contributed by atoms with Gasteiger partial charge in [-0.15, -0.1) is 0 Å². The lowest BCUT2D eigenvalue weighted by Crippen LogP contribution is -2.45. The normalized spacial score (nSPS) is 19.3. The number of likely N-dealkylation sites (tertiary alicyclic amines) is 1.